The van der Waals surface area contributed by atoms with E-state index in [0.29, 0.717) is 17.7 Å². The quantitative estimate of drug-likeness (QED) is 0.888. The average Bonchev–Trinajstić information content (AvgIpc) is 2.91. The number of halogens is 3. The number of hydrogen-bond donors (Lipinski definition) is 1. The van der Waals surface area contributed by atoms with Gasteiger partial charge in [-0.05, 0) is 34.2 Å². The number of nitrogens with zero attached hydrogens (tertiary/aromatic N) is 1. The van der Waals surface area contributed by atoms with E-state index in [2.05, 4.69) is 5.43 Å². The number of amides is 1. The van der Waals surface area contributed by atoms with E-state index in [9.17, 15) is 18.0 Å². The normalized spacial score (nSPS) is 17.3. The molecule has 0 radical (unpaired) electrons. The molecule has 0 bridgehead atoms. The molecule has 134 valence electrons. The van der Waals surface area contributed by atoms with Crippen molar-refractivity contribution in [1.29, 1.82) is 0 Å². The van der Waals surface area contributed by atoms with Crippen molar-refractivity contribution in [2.24, 2.45) is 5.92 Å². The minimum atomic E-state index is -4.49. The maximum Gasteiger partial charge on any atom is 0.409 e. The van der Waals surface area contributed by atoms with Crippen LogP contribution in [0.25, 0.3) is 10.8 Å². The summed E-state index contributed by atoms with van der Waals surface area (Å²) in [4.78, 5) is 11.5. The van der Waals surface area contributed by atoms with E-state index in [0.717, 1.165) is 16.0 Å². The van der Waals surface area contributed by atoms with Gasteiger partial charge in [0.05, 0.1) is 0 Å². The second kappa shape index (κ2) is 6.67. The van der Waals surface area contributed by atoms with Crippen molar-refractivity contribution in [1.82, 2.24) is 10.4 Å². The molecule has 1 fully saturated rings. The van der Waals surface area contributed by atoms with Crippen molar-refractivity contribution in [3.63, 3.8) is 0 Å². The molecule has 1 amide bonds. The number of carbonyl (C=O) groups excluding carboxylic acids is 1. The molecule has 0 aliphatic carbocycles. The fourth-order valence-electron chi connectivity index (χ4n) is 3.43. The number of rotatable bonds is 4. The van der Waals surface area contributed by atoms with Crippen LogP contribution >= 0.6 is 0 Å². The zero-order valence-electron chi connectivity index (χ0n) is 14.2. The Balaban J connectivity index is 2.16. The standard InChI is InChI=1S/C19H21F3N2O/c1-12(2)9-13-10-14-5-3-4-6-15(14)16(11-13)18(19(20,21)22)24-8-7-17(25)23-24/h3-6,10-12,18H,7-9H2,1-2H3,(H,23,25). The molecule has 0 aromatic heterocycles. The van der Waals surface area contributed by atoms with Gasteiger partial charge in [-0.25, -0.2) is 5.01 Å². The lowest BCUT2D eigenvalue weighted by molar-refractivity contribution is -0.190. The molecule has 1 aliphatic heterocycles. The van der Waals surface area contributed by atoms with Gasteiger partial charge < -0.3 is 0 Å². The zero-order chi connectivity index (χ0) is 18.2. The highest BCUT2D eigenvalue weighted by Gasteiger charge is 2.47. The summed E-state index contributed by atoms with van der Waals surface area (Å²) in [6.45, 7) is 4.12. The topological polar surface area (TPSA) is 32.3 Å². The van der Waals surface area contributed by atoms with Crippen LogP contribution in [0.3, 0.4) is 0 Å². The Morgan fingerprint density at radius 2 is 1.92 bits per heavy atom. The van der Waals surface area contributed by atoms with Crippen LogP contribution in [0.1, 0.15) is 37.4 Å². The van der Waals surface area contributed by atoms with Crippen LogP contribution in [0, 0.1) is 5.92 Å². The van der Waals surface area contributed by atoms with Crippen LogP contribution in [0.4, 0.5) is 13.2 Å². The first-order valence-electron chi connectivity index (χ1n) is 8.40. The Morgan fingerprint density at radius 1 is 1.20 bits per heavy atom. The highest BCUT2D eigenvalue weighted by molar-refractivity contribution is 5.87. The molecule has 0 saturated carbocycles. The van der Waals surface area contributed by atoms with Gasteiger partial charge in [-0.15, -0.1) is 0 Å². The van der Waals surface area contributed by atoms with Gasteiger partial charge in [-0.2, -0.15) is 13.2 Å². The third-order valence-electron chi connectivity index (χ3n) is 4.36. The largest absolute Gasteiger partial charge is 0.409 e. The molecule has 1 aliphatic rings. The first kappa shape index (κ1) is 17.7. The van der Waals surface area contributed by atoms with Crippen molar-refractivity contribution >= 4 is 16.7 Å². The van der Waals surface area contributed by atoms with Crippen molar-refractivity contribution in [2.75, 3.05) is 6.54 Å². The first-order chi connectivity index (χ1) is 11.8. The Bertz CT molecular complexity index is 786. The van der Waals surface area contributed by atoms with Gasteiger partial charge in [-0.3, -0.25) is 10.2 Å². The van der Waals surface area contributed by atoms with E-state index in [1.54, 1.807) is 18.2 Å². The van der Waals surface area contributed by atoms with E-state index in [-0.39, 0.29) is 24.4 Å². The van der Waals surface area contributed by atoms with Gasteiger partial charge in [0.1, 0.15) is 0 Å². The number of fused-ring (bicyclic) bond motifs is 1. The molecule has 1 N–H and O–H groups in total. The average molecular weight is 350 g/mol. The SMILES string of the molecule is CC(C)Cc1cc(C(N2CCC(=O)N2)C(F)(F)F)c2ccccc2c1. The summed E-state index contributed by atoms with van der Waals surface area (Å²) in [5.41, 5.74) is 3.43. The molecule has 6 heteroatoms. The monoisotopic (exact) mass is 350 g/mol. The molecule has 1 atom stereocenters. The van der Waals surface area contributed by atoms with Crippen LogP contribution in [-0.2, 0) is 11.2 Å². The van der Waals surface area contributed by atoms with E-state index in [4.69, 9.17) is 0 Å². The molecule has 1 saturated heterocycles. The van der Waals surface area contributed by atoms with Crippen LogP contribution < -0.4 is 5.43 Å². The Morgan fingerprint density at radius 3 is 2.52 bits per heavy atom. The van der Waals surface area contributed by atoms with Crippen molar-refractivity contribution in [3.05, 3.63) is 47.5 Å². The van der Waals surface area contributed by atoms with Crippen molar-refractivity contribution in [2.45, 2.75) is 38.9 Å². The number of alkyl halides is 3. The molecule has 3 nitrogen and oxygen atoms in total. The van der Waals surface area contributed by atoms with Crippen LogP contribution in [-0.4, -0.2) is 23.6 Å². The second-order valence-electron chi connectivity index (χ2n) is 6.93. The number of hydrogen-bond acceptors (Lipinski definition) is 2. The van der Waals surface area contributed by atoms with E-state index < -0.39 is 12.2 Å². The Kier molecular flexibility index (Phi) is 4.73. The fraction of sp³-hybridized carbons (Fsp3) is 0.421. The summed E-state index contributed by atoms with van der Waals surface area (Å²) in [5, 5.41) is 2.37. The highest BCUT2D eigenvalue weighted by Crippen LogP contribution is 2.41. The summed E-state index contributed by atoms with van der Waals surface area (Å²) in [5.74, 6) is -0.0401. The summed E-state index contributed by atoms with van der Waals surface area (Å²) in [6.07, 6.45) is -3.71. The predicted octanol–water partition coefficient (Wildman–Crippen LogP) is 4.38. The molecule has 2 aromatic carbocycles. The van der Waals surface area contributed by atoms with Gasteiger partial charge in [0.15, 0.2) is 6.04 Å². The fourth-order valence-corrected chi connectivity index (χ4v) is 3.43. The predicted molar refractivity (Wildman–Crippen MR) is 90.8 cm³/mol. The summed E-state index contributed by atoms with van der Waals surface area (Å²) < 4.78 is 41.7. The summed E-state index contributed by atoms with van der Waals surface area (Å²) >= 11 is 0. The van der Waals surface area contributed by atoms with E-state index in [1.807, 2.05) is 32.0 Å². The lowest BCUT2D eigenvalue weighted by Gasteiger charge is -2.30. The van der Waals surface area contributed by atoms with E-state index >= 15 is 0 Å². The molecule has 3 rings (SSSR count). The molecular formula is C19H21F3N2O. The smallest absolute Gasteiger partial charge is 0.288 e. The van der Waals surface area contributed by atoms with Crippen LogP contribution in [0.5, 0.6) is 0 Å². The Labute approximate surface area is 144 Å². The highest BCUT2D eigenvalue weighted by atomic mass is 19.4. The van der Waals surface area contributed by atoms with Gasteiger partial charge >= 0.3 is 6.18 Å². The zero-order valence-corrected chi connectivity index (χ0v) is 14.2. The minimum Gasteiger partial charge on any atom is -0.288 e. The van der Waals surface area contributed by atoms with Crippen molar-refractivity contribution < 1.29 is 18.0 Å². The molecule has 25 heavy (non-hydrogen) atoms. The molecule has 1 unspecified atom stereocenters. The number of benzene rings is 2. The lowest BCUT2D eigenvalue weighted by Crippen LogP contribution is -2.43. The minimum absolute atomic E-state index is 0.0474. The molecule has 0 spiro atoms. The maximum atomic E-state index is 13.9. The van der Waals surface area contributed by atoms with E-state index in [1.165, 1.54) is 0 Å². The van der Waals surface area contributed by atoms with Crippen molar-refractivity contribution in [3.8, 4) is 0 Å². The third kappa shape index (κ3) is 3.79. The maximum absolute atomic E-state index is 13.9. The lowest BCUT2D eigenvalue weighted by atomic mass is 9.92. The number of nitrogens with one attached hydrogen (secondary N) is 1. The summed E-state index contributed by atoms with van der Waals surface area (Å²) in [7, 11) is 0. The Hall–Kier alpha value is -2.08. The number of carbonyl (C=O) groups is 1. The van der Waals surface area contributed by atoms with Crippen LogP contribution in [0.2, 0.25) is 0 Å². The van der Waals surface area contributed by atoms with Gasteiger partial charge in [0, 0.05) is 13.0 Å². The van der Waals surface area contributed by atoms with Crippen LogP contribution in [0.15, 0.2) is 36.4 Å². The first-order valence-corrected chi connectivity index (χ1v) is 8.40. The van der Waals surface area contributed by atoms with Gasteiger partial charge in [-0.1, -0.05) is 50.2 Å². The molecular weight excluding hydrogens is 329 g/mol. The third-order valence-corrected chi connectivity index (χ3v) is 4.36. The number of hydrazine groups is 1. The molecule has 2 aromatic rings. The van der Waals surface area contributed by atoms with Gasteiger partial charge in [0.25, 0.3) is 0 Å². The summed E-state index contributed by atoms with van der Waals surface area (Å²) in [6, 6.07) is 8.85. The van der Waals surface area contributed by atoms with Gasteiger partial charge in [0.2, 0.25) is 5.91 Å². The molecule has 1 heterocycles. The second-order valence-corrected chi connectivity index (χ2v) is 6.93.